The molecule has 2 heterocycles. The van der Waals surface area contributed by atoms with E-state index in [4.69, 9.17) is 15.2 Å². The van der Waals surface area contributed by atoms with Gasteiger partial charge < -0.3 is 25.8 Å². The minimum Gasteiger partial charge on any atom is -0.490 e. The lowest BCUT2D eigenvalue weighted by Crippen LogP contribution is -2.32. The molecule has 0 bridgehead atoms. The molecular formula is C19H24ClN5O4S. The zero-order valence-corrected chi connectivity index (χ0v) is 18.1. The number of anilines is 1. The Labute approximate surface area is 184 Å². The molecule has 0 aliphatic carbocycles. The van der Waals surface area contributed by atoms with E-state index in [-0.39, 0.29) is 23.9 Å². The summed E-state index contributed by atoms with van der Waals surface area (Å²) in [6.45, 7) is 4.47. The van der Waals surface area contributed by atoms with E-state index in [2.05, 4.69) is 25.6 Å². The molecule has 0 aliphatic rings. The molecule has 0 spiro atoms. The summed E-state index contributed by atoms with van der Waals surface area (Å²) in [7, 11) is 0. The Morgan fingerprint density at radius 2 is 2.07 bits per heavy atom. The Morgan fingerprint density at radius 1 is 1.20 bits per heavy atom. The van der Waals surface area contributed by atoms with Gasteiger partial charge in [0.2, 0.25) is 11.5 Å². The van der Waals surface area contributed by atoms with Crippen molar-refractivity contribution in [1.82, 2.24) is 20.9 Å². The molecule has 4 N–H and O–H groups in total. The molecule has 0 unspecified atom stereocenters. The number of hydrogen-bond donors (Lipinski definition) is 3. The van der Waals surface area contributed by atoms with Crippen LogP contribution in [0.3, 0.4) is 0 Å². The second-order valence-corrected chi connectivity index (χ2v) is 7.01. The van der Waals surface area contributed by atoms with Gasteiger partial charge in [-0.1, -0.05) is 18.2 Å². The zero-order chi connectivity index (χ0) is 20.5. The van der Waals surface area contributed by atoms with Crippen LogP contribution in [0.1, 0.15) is 27.9 Å². The average molecular weight is 454 g/mol. The molecule has 0 atom stereocenters. The van der Waals surface area contributed by atoms with E-state index < -0.39 is 5.91 Å². The van der Waals surface area contributed by atoms with E-state index in [1.54, 1.807) is 11.3 Å². The van der Waals surface area contributed by atoms with Gasteiger partial charge in [0.05, 0.1) is 6.61 Å². The van der Waals surface area contributed by atoms with E-state index in [9.17, 15) is 4.79 Å². The number of rotatable bonds is 11. The topological polar surface area (TPSA) is 125 Å². The van der Waals surface area contributed by atoms with Crippen LogP contribution in [0.5, 0.6) is 11.5 Å². The Morgan fingerprint density at radius 3 is 2.77 bits per heavy atom. The largest absolute Gasteiger partial charge is 0.490 e. The van der Waals surface area contributed by atoms with Crippen LogP contribution in [-0.4, -0.2) is 35.9 Å². The molecule has 1 amide bonds. The number of nitrogens with zero attached hydrogens (tertiary/aromatic N) is 2. The van der Waals surface area contributed by atoms with Crippen LogP contribution in [0, 0.1) is 0 Å². The van der Waals surface area contributed by atoms with Crippen LogP contribution in [0.2, 0.25) is 0 Å². The summed E-state index contributed by atoms with van der Waals surface area (Å²) in [6.07, 6.45) is 0. The second kappa shape index (κ2) is 12.0. The highest BCUT2D eigenvalue weighted by Crippen LogP contribution is 2.32. The second-order valence-electron chi connectivity index (χ2n) is 5.98. The Hall–Kier alpha value is -2.82. The van der Waals surface area contributed by atoms with Crippen molar-refractivity contribution < 1.29 is 18.9 Å². The number of nitrogens with one attached hydrogen (secondary N) is 2. The Bertz CT molecular complexity index is 920. The minimum atomic E-state index is -0.427. The molecule has 0 aliphatic heterocycles. The van der Waals surface area contributed by atoms with Crippen molar-refractivity contribution in [1.29, 1.82) is 0 Å². The van der Waals surface area contributed by atoms with Crippen molar-refractivity contribution in [3.8, 4) is 11.5 Å². The van der Waals surface area contributed by atoms with Crippen molar-refractivity contribution in [2.24, 2.45) is 0 Å². The van der Waals surface area contributed by atoms with Crippen molar-refractivity contribution in [2.45, 2.75) is 20.1 Å². The number of para-hydroxylation sites is 1. The summed E-state index contributed by atoms with van der Waals surface area (Å²) < 4.78 is 16.2. The van der Waals surface area contributed by atoms with Gasteiger partial charge in [-0.05, 0) is 34.7 Å². The first-order chi connectivity index (χ1) is 14.2. The molecule has 11 heteroatoms. The molecular weight excluding hydrogens is 430 g/mol. The van der Waals surface area contributed by atoms with Crippen molar-refractivity contribution in [3.05, 3.63) is 51.8 Å². The number of carbonyl (C=O) groups is 1. The normalized spacial score (nSPS) is 10.3. The summed E-state index contributed by atoms with van der Waals surface area (Å²) in [4.78, 5) is 13.0. The van der Waals surface area contributed by atoms with E-state index in [0.29, 0.717) is 38.6 Å². The number of hydrogen-bond acceptors (Lipinski definition) is 9. The molecule has 3 rings (SSSR count). The molecule has 0 saturated carbocycles. The number of carbonyl (C=O) groups excluding carboxylic acids is 1. The number of aromatic nitrogens is 2. The predicted octanol–water partition coefficient (Wildman–Crippen LogP) is 2.63. The maximum atomic E-state index is 11.9. The maximum Gasteiger partial charge on any atom is 0.277 e. The quantitative estimate of drug-likeness (QED) is 0.378. The summed E-state index contributed by atoms with van der Waals surface area (Å²) >= 11 is 1.65. The molecule has 0 saturated heterocycles. The van der Waals surface area contributed by atoms with Crippen LogP contribution in [0.15, 0.2) is 40.3 Å². The van der Waals surface area contributed by atoms with Crippen LogP contribution in [0.25, 0.3) is 0 Å². The SMILES string of the molecule is CCOc1cccc(CNCCNC(=O)c2nonc2N)c1OCc1cccs1.Cl. The van der Waals surface area contributed by atoms with Crippen LogP contribution < -0.4 is 25.8 Å². The summed E-state index contributed by atoms with van der Waals surface area (Å²) in [5, 5.41) is 14.9. The Balaban J connectivity index is 0.00000320. The molecule has 0 radical (unpaired) electrons. The van der Waals surface area contributed by atoms with Gasteiger partial charge in [0.15, 0.2) is 11.5 Å². The average Bonchev–Trinajstić information content (AvgIpc) is 3.39. The standard InChI is InChI=1S/C19H23N5O4S.ClH/c1-2-26-15-7-3-5-13(17(15)27-12-14-6-4-10-29-14)11-21-8-9-22-19(25)16-18(20)24-28-23-16;/h3-7,10,21H,2,8-9,11-12H2,1H3,(H2,20,24)(H,22,25);1H. The molecule has 3 aromatic rings. The van der Waals surface area contributed by atoms with Gasteiger partial charge in [0.25, 0.3) is 5.91 Å². The van der Waals surface area contributed by atoms with Gasteiger partial charge in [-0.25, -0.2) is 4.63 Å². The monoisotopic (exact) mass is 453 g/mol. The summed E-state index contributed by atoms with van der Waals surface area (Å²) in [6, 6.07) is 9.85. The zero-order valence-electron chi connectivity index (χ0n) is 16.4. The number of nitrogen functional groups attached to an aromatic ring is 1. The van der Waals surface area contributed by atoms with Crippen LogP contribution in [-0.2, 0) is 13.2 Å². The highest BCUT2D eigenvalue weighted by atomic mass is 35.5. The highest BCUT2D eigenvalue weighted by Gasteiger charge is 2.15. The van der Waals surface area contributed by atoms with Crippen molar-refractivity contribution >= 4 is 35.5 Å². The van der Waals surface area contributed by atoms with E-state index in [1.165, 1.54) is 0 Å². The molecule has 1 aromatic carbocycles. The lowest BCUT2D eigenvalue weighted by atomic mass is 10.2. The number of amides is 1. The van der Waals surface area contributed by atoms with Gasteiger partial charge in [0, 0.05) is 30.1 Å². The van der Waals surface area contributed by atoms with E-state index in [0.717, 1.165) is 16.2 Å². The van der Waals surface area contributed by atoms with Gasteiger partial charge >= 0.3 is 0 Å². The van der Waals surface area contributed by atoms with Gasteiger partial charge in [0.1, 0.15) is 6.61 Å². The third-order valence-corrected chi connectivity index (χ3v) is 4.78. The predicted molar refractivity (Wildman–Crippen MR) is 116 cm³/mol. The summed E-state index contributed by atoms with van der Waals surface area (Å²) in [5.74, 6) is 0.978. The van der Waals surface area contributed by atoms with Crippen LogP contribution >= 0.6 is 23.7 Å². The van der Waals surface area contributed by atoms with Crippen molar-refractivity contribution in [2.75, 3.05) is 25.4 Å². The van der Waals surface area contributed by atoms with Crippen LogP contribution in [0.4, 0.5) is 5.82 Å². The number of halogens is 1. The fourth-order valence-electron chi connectivity index (χ4n) is 2.60. The fourth-order valence-corrected chi connectivity index (χ4v) is 3.21. The van der Waals surface area contributed by atoms with E-state index in [1.807, 2.05) is 42.6 Å². The molecule has 9 nitrogen and oxygen atoms in total. The number of nitrogens with two attached hydrogens (primary N) is 1. The molecule has 0 fully saturated rings. The first-order valence-electron chi connectivity index (χ1n) is 9.15. The Kier molecular flexibility index (Phi) is 9.39. The number of thiophene rings is 1. The third kappa shape index (κ3) is 6.34. The molecule has 162 valence electrons. The fraction of sp³-hybridized carbons (Fsp3) is 0.316. The first kappa shape index (κ1) is 23.5. The van der Waals surface area contributed by atoms with Gasteiger partial charge in [-0.15, -0.1) is 23.7 Å². The van der Waals surface area contributed by atoms with Gasteiger partial charge in [-0.3, -0.25) is 4.79 Å². The lowest BCUT2D eigenvalue weighted by molar-refractivity contribution is 0.0944. The number of benzene rings is 1. The lowest BCUT2D eigenvalue weighted by Gasteiger charge is -2.16. The van der Waals surface area contributed by atoms with E-state index >= 15 is 0 Å². The highest BCUT2D eigenvalue weighted by molar-refractivity contribution is 7.09. The maximum absolute atomic E-state index is 11.9. The smallest absolute Gasteiger partial charge is 0.277 e. The molecule has 2 aromatic heterocycles. The first-order valence-corrected chi connectivity index (χ1v) is 10.0. The third-order valence-electron chi connectivity index (χ3n) is 3.93. The van der Waals surface area contributed by atoms with Crippen molar-refractivity contribution in [3.63, 3.8) is 0 Å². The van der Waals surface area contributed by atoms with Gasteiger partial charge in [-0.2, -0.15) is 0 Å². The number of ether oxygens (including phenoxy) is 2. The molecule has 30 heavy (non-hydrogen) atoms. The minimum absolute atomic E-state index is 0. The summed E-state index contributed by atoms with van der Waals surface area (Å²) in [5.41, 5.74) is 6.46.